The lowest BCUT2D eigenvalue weighted by Gasteiger charge is -2.18. The van der Waals surface area contributed by atoms with E-state index in [4.69, 9.17) is 0 Å². The minimum Gasteiger partial charge on any atom is -0.507 e. The summed E-state index contributed by atoms with van der Waals surface area (Å²) in [5.41, 5.74) is 0.732. The van der Waals surface area contributed by atoms with Crippen molar-refractivity contribution in [2.24, 2.45) is 5.92 Å². The van der Waals surface area contributed by atoms with Gasteiger partial charge in [-0.25, -0.2) is 0 Å². The lowest BCUT2D eigenvalue weighted by Crippen LogP contribution is -2.24. The lowest BCUT2D eigenvalue weighted by atomic mass is 9.85. The van der Waals surface area contributed by atoms with Gasteiger partial charge < -0.3 is 9.90 Å². The van der Waals surface area contributed by atoms with Gasteiger partial charge in [-0.2, -0.15) is 0 Å². The van der Waals surface area contributed by atoms with Crippen molar-refractivity contribution in [2.75, 3.05) is 0 Å². The molecule has 4 heteroatoms. The maximum absolute atomic E-state index is 11.9. The molecule has 19 heavy (non-hydrogen) atoms. The van der Waals surface area contributed by atoms with Gasteiger partial charge in [0.25, 0.3) is 0 Å². The molecule has 0 bridgehead atoms. The van der Waals surface area contributed by atoms with Crippen LogP contribution in [-0.4, -0.2) is 23.0 Å². The molecule has 2 rings (SSSR count). The summed E-state index contributed by atoms with van der Waals surface area (Å²) >= 11 is 0. The van der Waals surface area contributed by atoms with Gasteiger partial charge >= 0.3 is 0 Å². The number of rotatable bonds is 4. The number of carbonyl (C=O) groups excluding carboxylic acids is 3. The van der Waals surface area contributed by atoms with Crippen molar-refractivity contribution in [1.29, 1.82) is 0 Å². The molecule has 0 aliphatic heterocycles. The largest absolute Gasteiger partial charge is 0.507 e. The molecule has 1 atom stereocenters. The average molecular weight is 258 g/mol. The highest BCUT2D eigenvalue weighted by atomic mass is 16.3. The van der Waals surface area contributed by atoms with E-state index in [9.17, 15) is 19.5 Å². The number of allylic oxidation sites excluding steroid dienone is 1. The van der Waals surface area contributed by atoms with Crippen LogP contribution in [0.5, 0.6) is 0 Å². The minimum absolute atomic E-state index is 0.109. The Hall–Kier alpha value is -2.23. The van der Waals surface area contributed by atoms with Crippen molar-refractivity contribution in [3.63, 3.8) is 0 Å². The fraction of sp³-hybridized carbons (Fsp3) is 0.267. The minimum atomic E-state index is -0.672. The third-order valence-corrected chi connectivity index (χ3v) is 3.27. The lowest BCUT2D eigenvalue weighted by molar-refractivity contribution is -0.113. The van der Waals surface area contributed by atoms with Crippen LogP contribution in [0.1, 0.15) is 35.7 Å². The van der Waals surface area contributed by atoms with Crippen LogP contribution in [0.3, 0.4) is 0 Å². The summed E-state index contributed by atoms with van der Waals surface area (Å²) in [5, 5.41) is 10.1. The average Bonchev–Trinajstić information content (AvgIpc) is 2.44. The zero-order valence-corrected chi connectivity index (χ0v) is 10.6. The number of hydrogen-bond donors (Lipinski definition) is 1. The third-order valence-electron chi connectivity index (χ3n) is 3.27. The summed E-state index contributed by atoms with van der Waals surface area (Å²) in [5.74, 6) is -1.62. The maximum atomic E-state index is 11.9. The molecule has 0 spiro atoms. The summed E-state index contributed by atoms with van der Waals surface area (Å²) in [4.78, 5) is 34.4. The molecule has 1 aliphatic rings. The van der Waals surface area contributed by atoms with E-state index in [1.165, 1.54) is 6.07 Å². The topological polar surface area (TPSA) is 71.4 Å². The monoisotopic (exact) mass is 258 g/mol. The summed E-state index contributed by atoms with van der Waals surface area (Å²) in [7, 11) is 0. The molecule has 0 saturated heterocycles. The summed E-state index contributed by atoms with van der Waals surface area (Å²) in [6.45, 7) is 1.73. The predicted molar refractivity (Wildman–Crippen MR) is 69.8 cm³/mol. The Bertz CT molecular complexity index is 584. The molecule has 1 aromatic carbocycles. The van der Waals surface area contributed by atoms with Gasteiger partial charge in [-0.3, -0.25) is 9.59 Å². The summed E-state index contributed by atoms with van der Waals surface area (Å²) < 4.78 is 0. The molecule has 0 amide bonds. The second-order valence-electron chi connectivity index (χ2n) is 4.68. The van der Waals surface area contributed by atoms with E-state index in [0.717, 1.165) is 6.29 Å². The van der Waals surface area contributed by atoms with Crippen LogP contribution in [0, 0.1) is 5.92 Å². The number of fused-ring (bicyclic) bond motifs is 1. The van der Waals surface area contributed by atoms with Crippen LogP contribution in [0.25, 0.3) is 5.76 Å². The van der Waals surface area contributed by atoms with Gasteiger partial charge in [-0.15, -0.1) is 0 Å². The number of aliphatic hydroxyl groups excluding tert-OH is 1. The molecular formula is C15H14O4. The van der Waals surface area contributed by atoms with Crippen LogP contribution in [0.4, 0.5) is 0 Å². The van der Waals surface area contributed by atoms with Gasteiger partial charge in [-0.05, 0) is 12.8 Å². The zero-order chi connectivity index (χ0) is 14.0. The number of carbonyl (C=O) groups is 3. The van der Waals surface area contributed by atoms with Crippen molar-refractivity contribution < 1.29 is 19.5 Å². The van der Waals surface area contributed by atoms with Gasteiger partial charge in [0.2, 0.25) is 11.6 Å². The molecule has 1 aromatic rings. The molecular weight excluding hydrogens is 244 g/mol. The molecule has 0 radical (unpaired) electrons. The Kier molecular flexibility index (Phi) is 3.60. The molecule has 1 aliphatic carbocycles. The number of benzene rings is 1. The standard InChI is InChI=1S/C15H14O4/c1-9(8-16)6-7-12-13(17)10-4-2-3-5-11(10)14(18)15(12)19/h2-5,8-9,17H,6-7H2,1H3. The van der Waals surface area contributed by atoms with Crippen molar-refractivity contribution in [1.82, 2.24) is 0 Å². The molecule has 1 unspecified atom stereocenters. The van der Waals surface area contributed by atoms with Crippen LogP contribution in [0.15, 0.2) is 29.8 Å². The van der Waals surface area contributed by atoms with Crippen molar-refractivity contribution in [3.05, 3.63) is 41.0 Å². The Morgan fingerprint density at radius 3 is 2.42 bits per heavy atom. The molecule has 0 aromatic heterocycles. The fourth-order valence-electron chi connectivity index (χ4n) is 2.09. The number of aldehydes is 1. The van der Waals surface area contributed by atoms with Crippen LogP contribution >= 0.6 is 0 Å². The van der Waals surface area contributed by atoms with Crippen molar-refractivity contribution in [2.45, 2.75) is 19.8 Å². The van der Waals surface area contributed by atoms with Crippen LogP contribution in [0.2, 0.25) is 0 Å². The number of aliphatic hydroxyl groups is 1. The highest BCUT2D eigenvalue weighted by Gasteiger charge is 2.32. The zero-order valence-electron chi connectivity index (χ0n) is 10.6. The summed E-state index contributed by atoms with van der Waals surface area (Å²) in [6.07, 6.45) is 1.45. The molecule has 0 saturated carbocycles. The van der Waals surface area contributed by atoms with Gasteiger partial charge in [0.1, 0.15) is 12.0 Å². The van der Waals surface area contributed by atoms with Gasteiger partial charge in [0.15, 0.2) is 0 Å². The van der Waals surface area contributed by atoms with E-state index in [0.29, 0.717) is 12.0 Å². The number of hydrogen-bond acceptors (Lipinski definition) is 4. The van der Waals surface area contributed by atoms with E-state index in [-0.39, 0.29) is 29.2 Å². The number of Topliss-reactive ketones (excluding diaryl/α,β-unsaturated/α-hetero) is 2. The Morgan fingerprint density at radius 2 is 1.79 bits per heavy atom. The maximum Gasteiger partial charge on any atom is 0.234 e. The molecule has 1 N–H and O–H groups in total. The first kappa shape index (κ1) is 13.2. The molecule has 0 fully saturated rings. The first-order valence-electron chi connectivity index (χ1n) is 6.12. The Morgan fingerprint density at radius 1 is 1.16 bits per heavy atom. The van der Waals surface area contributed by atoms with E-state index in [2.05, 4.69) is 0 Å². The van der Waals surface area contributed by atoms with E-state index in [1.54, 1.807) is 25.1 Å². The molecule has 0 heterocycles. The smallest absolute Gasteiger partial charge is 0.234 e. The fourth-order valence-corrected chi connectivity index (χ4v) is 2.09. The second-order valence-corrected chi connectivity index (χ2v) is 4.68. The van der Waals surface area contributed by atoms with Gasteiger partial charge in [0.05, 0.1) is 0 Å². The SMILES string of the molecule is CC(C=O)CCC1=C(O)c2ccccc2C(=O)C1=O. The Labute approximate surface area is 110 Å². The quantitative estimate of drug-likeness (QED) is 0.664. The van der Waals surface area contributed by atoms with Crippen molar-refractivity contribution >= 4 is 23.6 Å². The second kappa shape index (κ2) is 5.18. The van der Waals surface area contributed by atoms with Gasteiger partial charge in [0, 0.05) is 22.6 Å². The van der Waals surface area contributed by atoms with Crippen molar-refractivity contribution in [3.8, 4) is 0 Å². The summed E-state index contributed by atoms with van der Waals surface area (Å²) in [6, 6.07) is 6.48. The molecule has 4 nitrogen and oxygen atoms in total. The highest BCUT2D eigenvalue weighted by Crippen LogP contribution is 2.30. The van der Waals surface area contributed by atoms with E-state index >= 15 is 0 Å². The van der Waals surface area contributed by atoms with Crippen LogP contribution < -0.4 is 0 Å². The first-order chi connectivity index (χ1) is 9.06. The molecule has 98 valence electrons. The first-order valence-corrected chi connectivity index (χ1v) is 6.12. The normalized spacial score (nSPS) is 16.3. The van der Waals surface area contributed by atoms with Crippen LogP contribution in [-0.2, 0) is 9.59 Å². The van der Waals surface area contributed by atoms with E-state index < -0.39 is 11.6 Å². The number of ketones is 2. The third kappa shape index (κ3) is 2.34. The Balaban J connectivity index is 2.39. The van der Waals surface area contributed by atoms with Gasteiger partial charge in [-0.1, -0.05) is 31.2 Å². The van der Waals surface area contributed by atoms with E-state index in [1.807, 2.05) is 0 Å². The predicted octanol–water partition coefficient (Wildman–Crippen LogP) is 2.34. The highest BCUT2D eigenvalue weighted by molar-refractivity contribution is 6.52.